The Morgan fingerprint density at radius 2 is 2.43 bits per heavy atom. The molecule has 1 aromatic heterocycles. The van der Waals surface area contributed by atoms with Crippen molar-refractivity contribution >= 4 is 5.97 Å². The Balaban J connectivity index is 3.22. The number of nitrogens with zero attached hydrogens (tertiary/aromatic N) is 1. The summed E-state index contributed by atoms with van der Waals surface area (Å²) in [5, 5.41) is 0. The van der Waals surface area contributed by atoms with Crippen molar-refractivity contribution in [3.8, 4) is 12.3 Å². The van der Waals surface area contributed by atoms with E-state index in [1.165, 1.54) is 23.9 Å². The molecule has 72 valence electrons. The molecule has 4 nitrogen and oxygen atoms in total. The van der Waals surface area contributed by atoms with E-state index in [1.807, 2.05) is 0 Å². The van der Waals surface area contributed by atoms with Crippen molar-refractivity contribution in [3.63, 3.8) is 0 Å². The predicted octanol–water partition coefficient (Wildman–Crippen LogP) is 0.268. The Morgan fingerprint density at radius 3 is 3.00 bits per heavy atom. The molecule has 0 radical (unpaired) electrons. The fraction of sp³-hybridized carbons (Fsp3) is 0.200. The molecule has 1 rings (SSSR count). The molecule has 0 amide bonds. The largest absolute Gasteiger partial charge is 0.465 e. The van der Waals surface area contributed by atoms with Crippen LogP contribution in [0.5, 0.6) is 0 Å². The second kappa shape index (κ2) is 4.28. The van der Waals surface area contributed by atoms with E-state index in [0.29, 0.717) is 0 Å². The summed E-state index contributed by atoms with van der Waals surface area (Å²) in [7, 11) is 1.22. The summed E-state index contributed by atoms with van der Waals surface area (Å²) in [6.45, 7) is 0.143. The average molecular weight is 191 g/mol. The van der Waals surface area contributed by atoms with E-state index >= 15 is 0 Å². The molecule has 14 heavy (non-hydrogen) atoms. The van der Waals surface area contributed by atoms with Crippen molar-refractivity contribution in [2.75, 3.05) is 7.11 Å². The monoisotopic (exact) mass is 191 g/mol. The first-order valence-electron chi connectivity index (χ1n) is 3.92. The van der Waals surface area contributed by atoms with Gasteiger partial charge < -0.3 is 9.30 Å². The second-order valence-electron chi connectivity index (χ2n) is 2.55. The summed E-state index contributed by atoms with van der Waals surface area (Å²) in [4.78, 5) is 22.6. The quantitative estimate of drug-likeness (QED) is 0.498. The molecule has 0 spiro atoms. The third kappa shape index (κ3) is 1.83. The zero-order chi connectivity index (χ0) is 10.6. The van der Waals surface area contributed by atoms with Crippen LogP contribution in [0.2, 0.25) is 0 Å². The van der Waals surface area contributed by atoms with Gasteiger partial charge in [0.15, 0.2) is 0 Å². The normalized spacial score (nSPS) is 9.14. The van der Waals surface area contributed by atoms with E-state index in [0.717, 1.165) is 0 Å². The summed E-state index contributed by atoms with van der Waals surface area (Å²) >= 11 is 0. The van der Waals surface area contributed by atoms with Crippen LogP contribution in [-0.4, -0.2) is 17.6 Å². The molecule has 0 aliphatic heterocycles. The lowest BCUT2D eigenvalue weighted by Crippen LogP contribution is -2.25. The number of aromatic nitrogens is 1. The van der Waals surface area contributed by atoms with Gasteiger partial charge in [-0.05, 0) is 12.1 Å². The van der Waals surface area contributed by atoms with E-state index < -0.39 is 11.5 Å². The number of carbonyl (C=O) groups excluding carboxylic acids is 1. The average Bonchev–Trinajstić information content (AvgIpc) is 2.20. The Labute approximate surface area is 81.1 Å². The van der Waals surface area contributed by atoms with E-state index in [1.54, 1.807) is 6.07 Å². The van der Waals surface area contributed by atoms with Crippen LogP contribution in [0.1, 0.15) is 10.4 Å². The van der Waals surface area contributed by atoms with Crippen molar-refractivity contribution in [2.45, 2.75) is 6.54 Å². The highest BCUT2D eigenvalue weighted by molar-refractivity contribution is 5.88. The molecule has 0 unspecified atom stereocenters. The minimum atomic E-state index is -0.652. The van der Waals surface area contributed by atoms with Crippen LogP contribution in [0, 0.1) is 12.3 Å². The molecule has 1 heterocycles. The van der Waals surface area contributed by atoms with Crippen LogP contribution in [-0.2, 0) is 11.3 Å². The highest BCUT2D eigenvalue weighted by Crippen LogP contribution is 1.94. The summed E-state index contributed by atoms with van der Waals surface area (Å²) in [5.74, 6) is 1.67. The topological polar surface area (TPSA) is 48.3 Å². The van der Waals surface area contributed by atoms with Crippen molar-refractivity contribution in [3.05, 3.63) is 34.2 Å². The predicted molar refractivity (Wildman–Crippen MR) is 50.9 cm³/mol. The maximum Gasteiger partial charge on any atom is 0.343 e. The van der Waals surface area contributed by atoms with E-state index in [2.05, 4.69) is 10.7 Å². The summed E-state index contributed by atoms with van der Waals surface area (Å²) in [5.41, 5.74) is -0.442. The lowest BCUT2D eigenvalue weighted by Gasteiger charge is -2.02. The van der Waals surface area contributed by atoms with Gasteiger partial charge in [0.25, 0.3) is 5.56 Å². The van der Waals surface area contributed by atoms with Gasteiger partial charge in [-0.25, -0.2) is 4.79 Å². The summed E-state index contributed by atoms with van der Waals surface area (Å²) in [6.07, 6.45) is 6.58. The highest BCUT2D eigenvalue weighted by atomic mass is 16.5. The van der Waals surface area contributed by atoms with Crippen molar-refractivity contribution in [1.82, 2.24) is 4.57 Å². The van der Waals surface area contributed by atoms with Gasteiger partial charge in [-0.15, -0.1) is 6.42 Å². The van der Waals surface area contributed by atoms with Crippen LogP contribution >= 0.6 is 0 Å². The smallest absolute Gasteiger partial charge is 0.343 e. The minimum absolute atomic E-state index is 0.00903. The van der Waals surface area contributed by atoms with Gasteiger partial charge in [0, 0.05) is 6.20 Å². The third-order valence-corrected chi connectivity index (χ3v) is 1.69. The number of hydrogen-bond donors (Lipinski definition) is 0. The van der Waals surface area contributed by atoms with Gasteiger partial charge >= 0.3 is 5.97 Å². The number of esters is 1. The first-order valence-corrected chi connectivity index (χ1v) is 3.92. The van der Waals surface area contributed by atoms with Crippen LogP contribution in [0.15, 0.2) is 23.1 Å². The van der Waals surface area contributed by atoms with Gasteiger partial charge in [-0.1, -0.05) is 5.92 Å². The van der Waals surface area contributed by atoms with Crippen molar-refractivity contribution in [1.29, 1.82) is 0 Å². The van der Waals surface area contributed by atoms with Crippen molar-refractivity contribution in [2.24, 2.45) is 0 Å². The number of carbonyl (C=O) groups is 1. The van der Waals surface area contributed by atoms with E-state index in [9.17, 15) is 9.59 Å². The Kier molecular flexibility index (Phi) is 3.08. The van der Waals surface area contributed by atoms with Crippen LogP contribution < -0.4 is 5.56 Å². The fourth-order valence-corrected chi connectivity index (χ4v) is 1.03. The number of pyridine rings is 1. The lowest BCUT2D eigenvalue weighted by atomic mass is 10.3. The Bertz CT molecular complexity index is 439. The van der Waals surface area contributed by atoms with E-state index in [-0.39, 0.29) is 12.1 Å². The lowest BCUT2D eigenvalue weighted by molar-refractivity contribution is 0.0598. The molecular weight excluding hydrogens is 182 g/mol. The maximum atomic E-state index is 11.5. The first kappa shape index (κ1) is 10.1. The van der Waals surface area contributed by atoms with Crippen LogP contribution in [0.25, 0.3) is 0 Å². The molecule has 4 heteroatoms. The van der Waals surface area contributed by atoms with Gasteiger partial charge in [-0.2, -0.15) is 0 Å². The standard InChI is InChI=1S/C10H9NO3/c1-3-6-11-7-4-5-8(9(11)12)10(13)14-2/h1,4-5,7H,6H2,2H3. The van der Waals surface area contributed by atoms with Gasteiger partial charge in [-0.3, -0.25) is 4.79 Å². The van der Waals surface area contributed by atoms with Crippen molar-refractivity contribution < 1.29 is 9.53 Å². The molecule has 0 N–H and O–H groups in total. The number of rotatable bonds is 2. The van der Waals surface area contributed by atoms with Crippen LogP contribution in [0.3, 0.4) is 0 Å². The van der Waals surface area contributed by atoms with Gasteiger partial charge in [0.2, 0.25) is 0 Å². The summed E-state index contributed by atoms with van der Waals surface area (Å²) in [6, 6.07) is 2.98. The number of ether oxygens (including phenoxy) is 1. The molecular formula is C10H9NO3. The molecule has 1 aromatic rings. The van der Waals surface area contributed by atoms with Crippen LogP contribution in [0.4, 0.5) is 0 Å². The summed E-state index contributed by atoms with van der Waals surface area (Å²) < 4.78 is 5.72. The Hall–Kier alpha value is -2.02. The SMILES string of the molecule is C#CCn1cccc(C(=O)OC)c1=O. The molecule has 0 saturated heterocycles. The second-order valence-corrected chi connectivity index (χ2v) is 2.55. The zero-order valence-corrected chi connectivity index (χ0v) is 7.69. The molecule has 0 aliphatic carbocycles. The minimum Gasteiger partial charge on any atom is -0.465 e. The molecule has 0 bridgehead atoms. The number of methoxy groups -OCH3 is 1. The molecule has 0 atom stereocenters. The van der Waals surface area contributed by atoms with Gasteiger partial charge in [0.1, 0.15) is 5.56 Å². The molecule has 0 aliphatic rings. The van der Waals surface area contributed by atoms with E-state index in [4.69, 9.17) is 6.42 Å². The number of hydrogen-bond acceptors (Lipinski definition) is 3. The van der Waals surface area contributed by atoms with Gasteiger partial charge in [0.05, 0.1) is 13.7 Å². The molecule has 0 aromatic carbocycles. The fourth-order valence-electron chi connectivity index (χ4n) is 1.03. The number of terminal acetylenes is 1. The molecule has 0 saturated carbocycles. The molecule has 0 fully saturated rings. The maximum absolute atomic E-state index is 11.5. The Morgan fingerprint density at radius 1 is 1.71 bits per heavy atom. The first-order chi connectivity index (χ1) is 6.70. The highest BCUT2D eigenvalue weighted by Gasteiger charge is 2.10. The zero-order valence-electron chi connectivity index (χ0n) is 7.69. The third-order valence-electron chi connectivity index (χ3n) is 1.69.